The zero-order valence-corrected chi connectivity index (χ0v) is 11.3. The van der Waals surface area contributed by atoms with Crippen LogP contribution in [0.5, 0.6) is 5.75 Å². The largest absolute Gasteiger partial charge is 0.479 e. The van der Waals surface area contributed by atoms with E-state index in [4.69, 9.17) is 14.7 Å². The van der Waals surface area contributed by atoms with Crippen molar-refractivity contribution in [2.24, 2.45) is 0 Å². The van der Waals surface area contributed by atoms with E-state index < -0.39 is 0 Å². The Balaban J connectivity index is 1.87. The van der Waals surface area contributed by atoms with E-state index in [1.54, 1.807) is 0 Å². The Hall–Kier alpha value is -1.57. The monoisotopic (exact) mass is 260 g/mol. The third-order valence-corrected chi connectivity index (χ3v) is 3.39. The maximum Gasteiger partial charge on any atom is 0.174 e. The fourth-order valence-corrected chi connectivity index (χ4v) is 2.28. The van der Waals surface area contributed by atoms with Crippen molar-refractivity contribution >= 4 is 0 Å². The highest BCUT2D eigenvalue weighted by atomic mass is 16.5. The maximum atomic E-state index is 8.46. The van der Waals surface area contributed by atoms with Crippen LogP contribution < -0.4 is 10.1 Å². The van der Waals surface area contributed by atoms with Crippen molar-refractivity contribution in [3.63, 3.8) is 0 Å². The Labute approximate surface area is 114 Å². The van der Waals surface area contributed by atoms with Crippen molar-refractivity contribution in [2.45, 2.75) is 31.8 Å². The van der Waals surface area contributed by atoms with Gasteiger partial charge in [0, 0.05) is 25.3 Å². The van der Waals surface area contributed by atoms with Crippen molar-refractivity contribution in [2.75, 3.05) is 19.8 Å². The number of hydrogen-bond donors (Lipinski definition) is 1. The lowest BCUT2D eigenvalue weighted by Crippen LogP contribution is -2.36. The number of ether oxygens (including phenoxy) is 2. The van der Waals surface area contributed by atoms with Crippen molar-refractivity contribution in [1.82, 2.24) is 5.32 Å². The molecule has 0 bridgehead atoms. The molecule has 19 heavy (non-hydrogen) atoms. The molecular weight excluding hydrogens is 240 g/mol. The van der Waals surface area contributed by atoms with Crippen molar-refractivity contribution in [1.29, 1.82) is 5.26 Å². The van der Waals surface area contributed by atoms with E-state index in [1.165, 1.54) is 5.56 Å². The first-order valence-electron chi connectivity index (χ1n) is 6.73. The van der Waals surface area contributed by atoms with E-state index in [0.717, 1.165) is 31.8 Å². The minimum atomic E-state index is 0.0925. The van der Waals surface area contributed by atoms with Gasteiger partial charge >= 0.3 is 0 Å². The number of hydrogen-bond acceptors (Lipinski definition) is 4. The lowest BCUT2D eigenvalue weighted by molar-refractivity contribution is 0.0754. The molecule has 1 aliphatic rings. The van der Waals surface area contributed by atoms with E-state index in [1.807, 2.05) is 30.3 Å². The molecule has 1 fully saturated rings. The summed E-state index contributed by atoms with van der Waals surface area (Å²) in [4.78, 5) is 0. The molecule has 0 saturated carbocycles. The van der Waals surface area contributed by atoms with Crippen LogP contribution in [0, 0.1) is 11.3 Å². The number of nitrogens with zero attached hydrogens (tertiary/aromatic N) is 1. The molecular formula is C15H20N2O2. The highest BCUT2D eigenvalue weighted by molar-refractivity contribution is 5.29. The summed E-state index contributed by atoms with van der Waals surface area (Å²) in [6, 6.07) is 10.7. The van der Waals surface area contributed by atoms with Gasteiger partial charge in [-0.05, 0) is 37.5 Å². The summed E-state index contributed by atoms with van der Waals surface area (Å²) < 4.78 is 10.6. The van der Waals surface area contributed by atoms with Crippen LogP contribution in [0.3, 0.4) is 0 Å². The van der Waals surface area contributed by atoms with E-state index in [0.29, 0.717) is 12.1 Å². The molecule has 1 unspecified atom stereocenters. The van der Waals surface area contributed by atoms with Crippen LogP contribution in [0.25, 0.3) is 0 Å². The Morgan fingerprint density at radius 3 is 2.68 bits per heavy atom. The van der Waals surface area contributed by atoms with Crippen molar-refractivity contribution in [3.8, 4) is 11.8 Å². The van der Waals surface area contributed by atoms with E-state index in [-0.39, 0.29) is 6.61 Å². The molecule has 4 nitrogen and oxygen atoms in total. The molecule has 0 aliphatic carbocycles. The van der Waals surface area contributed by atoms with Crippen molar-refractivity contribution in [3.05, 3.63) is 29.8 Å². The zero-order valence-electron chi connectivity index (χ0n) is 11.3. The molecule has 1 aromatic carbocycles. The Kier molecular flexibility index (Phi) is 5.20. The molecule has 1 saturated heterocycles. The minimum absolute atomic E-state index is 0.0925. The Morgan fingerprint density at radius 2 is 2.05 bits per heavy atom. The molecule has 1 atom stereocenters. The summed E-state index contributed by atoms with van der Waals surface area (Å²) in [5, 5.41) is 12.1. The average molecular weight is 260 g/mol. The lowest BCUT2D eigenvalue weighted by Gasteiger charge is -2.27. The van der Waals surface area contributed by atoms with Crippen molar-refractivity contribution < 1.29 is 9.47 Å². The summed E-state index contributed by atoms with van der Waals surface area (Å²) >= 11 is 0. The summed E-state index contributed by atoms with van der Waals surface area (Å²) in [5.74, 6) is 0.739. The molecule has 1 aromatic rings. The third kappa shape index (κ3) is 4.23. The molecule has 0 radical (unpaired) electrons. The second-order valence-electron chi connectivity index (χ2n) is 4.79. The number of rotatable bonds is 5. The fraction of sp³-hybridized carbons (Fsp3) is 0.533. The van der Waals surface area contributed by atoms with Gasteiger partial charge in [-0.25, -0.2) is 0 Å². The molecule has 0 amide bonds. The number of benzene rings is 1. The van der Waals surface area contributed by atoms with Gasteiger partial charge < -0.3 is 14.8 Å². The summed E-state index contributed by atoms with van der Waals surface area (Å²) in [5.41, 5.74) is 1.23. The van der Waals surface area contributed by atoms with E-state index in [9.17, 15) is 0 Å². The molecule has 4 heteroatoms. The molecule has 0 spiro atoms. The first-order chi connectivity index (χ1) is 9.29. The van der Waals surface area contributed by atoms with Gasteiger partial charge in [0.2, 0.25) is 0 Å². The molecule has 102 valence electrons. The van der Waals surface area contributed by atoms with Crippen LogP contribution in [0.2, 0.25) is 0 Å². The standard InChI is InChI=1S/C15H20N2O2/c1-12(17-14-6-9-18-10-7-14)13-2-4-15(5-3-13)19-11-8-16/h2-5,12,14,17H,6-7,9-11H2,1H3. The van der Waals surface area contributed by atoms with Gasteiger partial charge in [-0.15, -0.1) is 0 Å². The predicted molar refractivity (Wildman–Crippen MR) is 72.9 cm³/mol. The smallest absolute Gasteiger partial charge is 0.174 e. The van der Waals surface area contributed by atoms with E-state index >= 15 is 0 Å². The van der Waals surface area contributed by atoms with Gasteiger partial charge in [-0.3, -0.25) is 0 Å². The van der Waals surface area contributed by atoms with Crippen LogP contribution in [-0.4, -0.2) is 25.9 Å². The number of nitrogens with one attached hydrogen (secondary N) is 1. The molecule has 0 aromatic heterocycles. The average Bonchev–Trinajstić information content (AvgIpc) is 2.46. The molecule has 1 N–H and O–H groups in total. The SMILES string of the molecule is CC(NC1CCOCC1)c1ccc(OCC#N)cc1. The maximum absolute atomic E-state index is 8.46. The Bertz CT molecular complexity index is 419. The molecule has 1 heterocycles. The highest BCUT2D eigenvalue weighted by Gasteiger charge is 2.16. The van der Waals surface area contributed by atoms with Crippen LogP contribution in [0.1, 0.15) is 31.4 Å². The van der Waals surface area contributed by atoms with Gasteiger partial charge in [0.05, 0.1) is 0 Å². The lowest BCUT2D eigenvalue weighted by atomic mass is 10.0. The third-order valence-electron chi connectivity index (χ3n) is 3.39. The van der Waals surface area contributed by atoms with Crippen LogP contribution in [0.4, 0.5) is 0 Å². The summed E-state index contributed by atoms with van der Waals surface area (Å²) in [6.45, 7) is 3.96. The molecule has 2 rings (SSSR count). The predicted octanol–water partition coefficient (Wildman–Crippen LogP) is 2.42. The second kappa shape index (κ2) is 7.13. The van der Waals surface area contributed by atoms with Gasteiger partial charge in [0.1, 0.15) is 11.8 Å². The summed E-state index contributed by atoms with van der Waals surface area (Å²) in [7, 11) is 0. The van der Waals surface area contributed by atoms with E-state index in [2.05, 4.69) is 12.2 Å². The minimum Gasteiger partial charge on any atom is -0.479 e. The zero-order chi connectivity index (χ0) is 13.5. The van der Waals surface area contributed by atoms with Crippen LogP contribution in [0.15, 0.2) is 24.3 Å². The normalized spacial score (nSPS) is 17.7. The highest BCUT2D eigenvalue weighted by Crippen LogP contribution is 2.19. The van der Waals surface area contributed by atoms with Gasteiger partial charge in [0.25, 0.3) is 0 Å². The summed E-state index contributed by atoms with van der Waals surface area (Å²) in [6.07, 6.45) is 2.15. The van der Waals surface area contributed by atoms with Crippen LogP contribution in [-0.2, 0) is 4.74 Å². The fourth-order valence-electron chi connectivity index (χ4n) is 2.28. The van der Waals surface area contributed by atoms with Gasteiger partial charge in [-0.2, -0.15) is 5.26 Å². The van der Waals surface area contributed by atoms with Crippen LogP contribution >= 0.6 is 0 Å². The molecule has 1 aliphatic heterocycles. The second-order valence-corrected chi connectivity index (χ2v) is 4.79. The first kappa shape index (κ1) is 13.9. The first-order valence-corrected chi connectivity index (χ1v) is 6.73. The van der Waals surface area contributed by atoms with Gasteiger partial charge in [-0.1, -0.05) is 12.1 Å². The number of nitriles is 1. The Morgan fingerprint density at radius 1 is 1.37 bits per heavy atom. The quantitative estimate of drug-likeness (QED) is 0.883. The van der Waals surface area contributed by atoms with Gasteiger partial charge in [0.15, 0.2) is 6.61 Å². The topological polar surface area (TPSA) is 54.3 Å².